The molecule has 1 atom stereocenters. The molecule has 0 radical (unpaired) electrons. The van der Waals surface area contributed by atoms with E-state index in [9.17, 15) is 13.6 Å². The summed E-state index contributed by atoms with van der Waals surface area (Å²) < 4.78 is 33.3. The lowest BCUT2D eigenvalue weighted by Crippen LogP contribution is -2.27. The molecule has 0 saturated carbocycles. The summed E-state index contributed by atoms with van der Waals surface area (Å²) in [6, 6.07) is 4.03. The van der Waals surface area contributed by atoms with Crippen LogP contribution >= 0.6 is 15.9 Å². The van der Waals surface area contributed by atoms with Gasteiger partial charge in [-0.25, -0.2) is 0 Å². The third-order valence-corrected chi connectivity index (χ3v) is 2.79. The summed E-state index contributed by atoms with van der Waals surface area (Å²) in [4.78, 5) is 11.2. The molecular weight excluding hydrogens is 286 g/mol. The highest BCUT2D eigenvalue weighted by atomic mass is 79.9. The first-order chi connectivity index (χ1) is 7.58. The number of carbonyl (C=O) groups excluding carboxylic acids is 1. The smallest absolute Gasteiger partial charge is 0.387 e. The Morgan fingerprint density at radius 2 is 2.25 bits per heavy atom. The third-order valence-electron chi connectivity index (χ3n) is 2.11. The lowest BCUT2D eigenvalue weighted by molar-refractivity contribution is -0.0499. The van der Waals surface area contributed by atoms with E-state index >= 15 is 0 Å². The van der Waals surface area contributed by atoms with Crippen molar-refractivity contribution in [3.05, 3.63) is 23.8 Å². The number of halogens is 3. The van der Waals surface area contributed by atoms with Crippen molar-refractivity contribution in [1.29, 1.82) is 0 Å². The molecule has 0 fully saturated rings. The monoisotopic (exact) mass is 292 g/mol. The summed E-state index contributed by atoms with van der Waals surface area (Å²) in [7, 11) is 0. The van der Waals surface area contributed by atoms with Gasteiger partial charge >= 0.3 is 6.61 Å². The van der Waals surface area contributed by atoms with Gasteiger partial charge in [0.05, 0.1) is 5.56 Å². The highest BCUT2D eigenvalue weighted by Gasteiger charge is 2.27. The van der Waals surface area contributed by atoms with Crippen molar-refractivity contribution in [3.63, 3.8) is 0 Å². The zero-order valence-electron chi connectivity index (χ0n) is 7.95. The normalized spacial score (nSPS) is 19.2. The van der Waals surface area contributed by atoms with Crippen LogP contribution in [0.4, 0.5) is 8.78 Å². The van der Waals surface area contributed by atoms with Crippen LogP contribution in [0.15, 0.2) is 18.2 Å². The summed E-state index contributed by atoms with van der Waals surface area (Å²) in [6.45, 7) is -2.70. The lowest BCUT2D eigenvalue weighted by atomic mass is 10.1. The zero-order chi connectivity index (χ0) is 11.7. The number of hydrogen-bond donors (Lipinski definition) is 0. The second kappa shape index (κ2) is 4.37. The second-order valence-corrected chi connectivity index (χ2v) is 4.28. The van der Waals surface area contributed by atoms with Crippen molar-refractivity contribution in [3.8, 4) is 11.5 Å². The summed E-state index contributed by atoms with van der Waals surface area (Å²) >= 11 is 3.16. The Kier molecular flexibility index (Phi) is 3.09. The van der Waals surface area contributed by atoms with E-state index in [4.69, 9.17) is 4.74 Å². The van der Waals surface area contributed by atoms with Crippen LogP contribution in [0.25, 0.3) is 0 Å². The van der Waals surface area contributed by atoms with Gasteiger partial charge in [-0.15, -0.1) is 0 Å². The number of Topliss-reactive ketones (excluding diaryl/α,β-unsaturated/α-hetero) is 1. The third kappa shape index (κ3) is 2.16. The Labute approximate surface area is 98.5 Å². The van der Waals surface area contributed by atoms with Gasteiger partial charge in [0.25, 0.3) is 0 Å². The zero-order valence-corrected chi connectivity index (χ0v) is 9.54. The van der Waals surface area contributed by atoms with E-state index in [-0.39, 0.29) is 28.7 Å². The molecule has 1 aliphatic rings. The van der Waals surface area contributed by atoms with Crippen molar-refractivity contribution in [2.45, 2.75) is 11.4 Å². The van der Waals surface area contributed by atoms with E-state index in [0.717, 1.165) is 0 Å². The molecule has 0 unspecified atom stereocenters. The van der Waals surface area contributed by atoms with Gasteiger partial charge < -0.3 is 9.47 Å². The summed E-state index contributed by atoms with van der Waals surface area (Å²) in [5.74, 6) is 0.137. The standard InChI is InChI=1S/C10H7BrF2O3/c11-7-4-15-8-3-5(16-10(12)13)1-2-6(8)9(7)14/h1-3,7,10H,4H2/t7-/m1/s1. The topological polar surface area (TPSA) is 35.5 Å². The number of ketones is 1. The molecule has 1 aromatic carbocycles. The lowest BCUT2D eigenvalue weighted by Gasteiger charge is -2.20. The van der Waals surface area contributed by atoms with Crippen LogP contribution in [-0.4, -0.2) is 23.8 Å². The van der Waals surface area contributed by atoms with Crippen LogP contribution in [0.2, 0.25) is 0 Å². The van der Waals surface area contributed by atoms with E-state index < -0.39 is 6.61 Å². The quantitative estimate of drug-likeness (QED) is 0.786. The van der Waals surface area contributed by atoms with Crippen molar-refractivity contribution in [2.24, 2.45) is 0 Å². The van der Waals surface area contributed by atoms with Gasteiger partial charge in [0.1, 0.15) is 22.9 Å². The predicted molar refractivity (Wildman–Crippen MR) is 55.6 cm³/mol. The molecule has 0 aliphatic carbocycles. The van der Waals surface area contributed by atoms with E-state index in [1.807, 2.05) is 0 Å². The average Bonchev–Trinajstić information content (AvgIpc) is 2.23. The number of hydrogen-bond acceptors (Lipinski definition) is 3. The maximum atomic E-state index is 12.0. The molecule has 1 aromatic rings. The Balaban J connectivity index is 2.30. The summed E-state index contributed by atoms with van der Waals surface area (Å²) in [6.07, 6.45) is 0. The molecule has 6 heteroatoms. The number of alkyl halides is 3. The highest BCUT2D eigenvalue weighted by Crippen LogP contribution is 2.31. The Morgan fingerprint density at radius 1 is 1.50 bits per heavy atom. The number of fused-ring (bicyclic) bond motifs is 1. The Bertz CT molecular complexity index is 423. The largest absolute Gasteiger partial charge is 0.491 e. The van der Waals surface area contributed by atoms with Gasteiger partial charge in [-0.2, -0.15) is 8.78 Å². The van der Waals surface area contributed by atoms with E-state index in [2.05, 4.69) is 20.7 Å². The van der Waals surface area contributed by atoms with E-state index in [0.29, 0.717) is 5.56 Å². The minimum absolute atomic E-state index is 0.0189. The van der Waals surface area contributed by atoms with Crippen LogP contribution in [-0.2, 0) is 0 Å². The molecular formula is C10H7BrF2O3. The molecule has 1 aliphatic heterocycles. The molecule has 0 aromatic heterocycles. The molecule has 16 heavy (non-hydrogen) atoms. The molecule has 3 nitrogen and oxygen atoms in total. The molecule has 0 saturated heterocycles. The van der Waals surface area contributed by atoms with Gasteiger partial charge in [0.2, 0.25) is 0 Å². The van der Waals surface area contributed by atoms with Gasteiger partial charge in [-0.05, 0) is 12.1 Å². The van der Waals surface area contributed by atoms with Crippen LogP contribution in [0.3, 0.4) is 0 Å². The van der Waals surface area contributed by atoms with Gasteiger partial charge in [-0.3, -0.25) is 4.79 Å². The van der Waals surface area contributed by atoms with Gasteiger partial charge in [0.15, 0.2) is 5.78 Å². The number of rotatable bonds is 2. The van der Waals surface area contributed by atoms with Crippen molar-refractivity contribution < 1.29 is 23.0 Å². The Morgan fingerprint density at radius 3 is 2.94 bits per heavy atom. The fraction of sp³-hybridized carbons (Fsp3) is 0.300. The molecule has 0 N–H and O–H groups in total. The van der Waals surface area contributed by atoms with Crippen molar-refractivity contribution in [2.75, 3.05) is 6.61 Å². The van der Waals surface area contributed by atoms with Crippen molar-refractivity contribution in [1.82, 2.24) is 0 Å². The van der Waals surface area contributed by atoms with Crippen LogP contribution < -0.4 is 9.47 Å². The first-order valence-corrected chi connectivity index (χ1v) is 5.39. The molecule has 86 valence electrons. The average molecular weight is 293 g/mol. The van der Waals surface area contributed by atoms with Gasteiger partial charge in [0, 0.05) is 6.07 Å². The first kappa shape index (κ1) is 11.3. The molecule has 0 amide bonds. The maximum absolute atomic E-state index is 12.0. The SMILES string of the molecule is O=C1c2ccc(OC(F)F)cc2OC[C@H]1Br. The van der Waals surface area contributed by atoms with Crippen LogP contribution in [0.5, 0.6) is 11.5 Å². The number of ether oxygens (including phenoxy) is 2. The van der Waals surface area contributed by atoms with Crippen LogP contribution in [0.1, 0.15) is 10.4 Å². The molecule has 0 spiro atoms. The minimum Gasteiger partial charge on any atom is -0.491 e. The molecule has 2 rings (SSSR count). The maximum Gasteiger partial charge on any atom is 0.387 e. The van der Waals surface area contributed by atoms with Gasteiger partial charge in [-0.1, -0.05) is 15.9 Å². The fourth-order valence-corrected chi connectivity index (χ4v) is 1.79. The van der Waals surface area contributed by atoms with E-state index in [1.54, 1.807) is 0 Å². The van der Waals surface area contributed by atoms with Crippen LogP contribution in [0, 0.1) is 0 Å². The fourth-order valence-electron chi connectivity index (χ4n) is 1.41. The first-order valence-electron chi connectivity index (χ1n) is 4.48. The number of benzene rings is 1. The summed E-state index contributed by atoms with van der Waals surface area (Å²) in [5.41, 5.74) is 0.370. The molecule has 1 heterocycles. The summed E-state index contributed by atoms with van der Waals surface area (Å²) in [5, 5.41) is 0. The predicted octanol–water partition coefficient (Wildman–Crippen LogP) is 2.63. The number of carbonyl (C=O) groups is 1. The van der Waals surface area contributed by atoms with Crippen molar-refractivity contribution >= 4 is 21.7 Å². The van der Waals surface area contributed by atoms with E-state index in [1.165, 1.54) is 18.2 Å². The highest BCUT2D eigenvalue weighted by molar-refractivity contribution is 9.10. The Hall–Kier alpha value is -1.17. The minimum atomic E-state index is -2.89. The second-order valence-electron chi connectivity index (χ2n) is 3.18. The molecule has 0 bridgehead atoms.